The van der Waals surface area contributed by atoms with Crippen LogP contribution in [-0.4, -0.2) is 140 Å². The molecule has 0 aliphatic rings. The fraction of sp³-hybridized carbons (Fsp3) is 1.00. The van der Waals surface area contributed by atoms with Crippen molar-refractivity contribution in [3.63, 3.8) is 0 Å². The van der Waals surface area contributed by atoms with Crippen LogP contribution < -0.4 is 67.1 Å². The average molecular weight is 396 g/mol. The third-order valence-corrected chi connectivity index (χ3v) is 4.21. The SMILES string of the molecule is C[NH+](C)CC[NH+](C)CC[NH+](C)C.C[NH+](C)CC[NH+](C)CC[NH+](C)C.[BH4-].[BH4-].[Li+].[Li+]. The molecule has 0 aromatic carbocycles. The minimum atomic E-state index is 0. The van der Waals surface area contributed by atoms with E-state index in [-0.39, 0.29) is 54.5 Å². The van der Waals surface area contributed by atoms with Gasteiger partial charge in [-0.05, 0) is 0 Å². The second-order valence-electron chi connectivity index (χ2n) is 8.74. The Morgan fingerprint density at radius 3 is 0.571 bits per heavy atom. The van der Waals surface area contributed by atoms with Gasteiger partial charge < -0.3 is 29.4 Å². The van der Waals surface area contributed by atoms with Crippen molar-refractivity contribution in [1.29, 1.82) is 0 Å². The number of nitrogens with one attached hydrogen (secondary N) is 6. The molecule has 0 spiro atoms. The Morgan fingerprint density at radius 2 is 0.464 bits per heavy atom. The molecule has 0 amide bonds. The van der Waals surface area contributed by atoms with Crippen LogP contribution in [0.15, 0.2) is 0 Å². The summed E-state index contributed by atoms with van der Waals surface area (Å²) >= 11 is 0. The summed E-state index contributed by atoms with van der Waals surface area (Å²) in [6.45, 7) is 10.2. The number of likely N-dealkylation sites (N-methyl/N-ethyl adjacent to an activating group) is 6. The van der Waals surface area contributed by atoms with E-state index >= 15 is 0 Å². The van der Waals surface area contributed by atoms with Gasteiger partial charge in [-0.1, -0.05) is 16.8 Å². The summed E-state index contributed by atoms with van der Waals surface area (Å²) in [7, 11) is 22.3. The van der Waals surface area contributed by atoms with Gasteiger partial charge in [0.15, 0.2) is 0 Å². The van der Waals surface area contributed by atoms with Crippen LogP contribution in [0.5, 0.6) is 0 Å². The summed E-state index contributed by atoms with van der Waals surface area (Å²) in [5.74, 6) is 0. The van der Waals surface area contributed by atoms with Crippen LogP contribution >= 0.6 is 0 Å². The van der Waals surface area contributed by atoms with E-state index in [1.807, 2.05) is 0 Å². The first-order chi connectivity index (χ1) is 11.0. The van der Waals surface area contributed by atoms with Gasteiger partial charge in [0, 0.05) is 0 Å². The topological polar surface area (TPSA) is 26.6 Å². The van der Waals surface area contributed by atoms with Crippen molar-refractivity contribution in [2.24, 2.45) is 0 Å². The molecule has 0 aliphatic heterocycles. The van der Waals surface area contributed by atoms with Crippen molar-refractivity contribution >= 4 is 16.8 Å². The summed E-state index contributed by atoms with van der Waals surface area (Å²) in [6.07, 6.45) is 0. The second kappa shape index (κ2) is 28.1. The predicted molar refractivity (Wildman–Crippen MR) is 127 cm³/mol. The van der Waals surface area contributed by atoms with Crippen molar-refractivity contribution in [2.45, 2.75) is 0 Å². The Morgan fingerprint density at radius 1 is 0.321 bits per heavy atom. The van der Waals surface area contributed by atoms with Crippen LogP contribution in [0.25, 0.3) is 0 Å². The van der Waals surface area contributed by atoms with E-state index in [4.69, 9.17) is 0 Å². The molecule has 0 bridgehead atoms. The summed E-state index contributed by atoms with van der Waals surface area (Å²) in [4.78, 5) is 9.49. The van der Waals surface area contributed by atoms with Crippen LogP contribution in [0.2, 0.25) is 0 Å². The van der Waals surface area contributed by atoms with Crippen LogP contribution in [-0.2, 0) is 0 Å². The van der Waals surface area contributed by atoms with Gasteiger partial charge in [-0.3, -0.25) is 0 Å². The predicted octanol–water partition coefficient (Wildman–Crippen LogP) is -17.3. The summed E-state index contributed by atoms with van der Waals surface area (Å²) in [6, 6.07) is 0. The first-order valence-electron chi connectivity index (χ1n) is 9.83. The van der Waals surface area contributed by atoms with Crippen LogP contribution in [0.1, 0.15) is 0 Å². The molecule has 0 aliphatic carbocycles. The zero-order chi connectivity index (χ0) is 19.1. The zero-order valence-corrected chi connectivity index (χ0v) is 20.7. The van der Waals surface area contributed by atoms with Gasteiger partial charge in [-0.25, -0.2) is 0 Å². The average Bonchev–Trinajstić information content (AvgIpc) is 2.47. The molecule has 0 saturated carbocycles. The van der Waals surface area contributed by atoms with E-state index in [1.165, 1.54) is 52.4 Å². The van der Waals surface area contributed by atoms with Crippen molar-refractivity contribution in [2.75, 3.05) is 123 Å². The van der Waals surface area contributed by atoms with Crippen molar-refractivity contribution in [3.8, 4) is 0 Å². The number of hydrogen-bond donors (Lipinski definition) is 6. The molecule has 0 saturated heterocycles. The van der Waals surface area contributed by atoms with Crippen LogP contribution in [0.3, 0.4) is 0 Å². The molecule has 10 heteroatoms. The third kappa shape index (κ3) is 41.5. The first kappa shape index (κ1) is 43.0. The molecule has 6 N–H and O–H groups in total. The Hall–Kier alpha value is 1.08. The van der Waals surface area contributed by atoms with Gasteiger partial charge in [0.25, 0.3) is 0 Å². The minimum Gasteiger partial charge on any atom is -0.335 e. The van der Waals surface area contributed by atoms with Crippen molar-refractivity contribution < 1.29 is 67.1 Å². The maximum Gasteiger partial charge on any atom is 1.00 e. The fourth-order valence-electron chi connectivity index (χ4n) is 2.10. The number of rotatable bonds is 12. The molecule has 6 nitrogen and oxygen atoms in total. The van der Waals surface area contributed by atoms with Crippen molar-refractivity contribution in [3.05, 3.63) is 0 Å². The largest absolute Gasteiger partial charge is 1.00 e. The van der Waals surface area contributed by atoms with E-state index in [0.29, 0.717) is 0 Å². The van der Waals surface area contributed by atoms with Gasteiger partial charge in [0.2, 0.25) is 0 Å². The number of quaternary nitrogens is 6. The summed E-state index contributed by atoms with van der Waals surface area (Å²) in [5, 5.41) is 0. The molecule has 0 heterocycles. The molecule has 0 radical (unpaired) electrons. The monoisotopic (exact) mass is 397 g/mol. The van der Waals surface area contributed by atoms with Gasteiger partial charge in [-0.2, -0.15) is 0 Å². The van der Waals surface area contributed by atoms with E-state index < -0.39 is 0 Å². The molecular weight excluding hydrogens is 336 g/mol. The second-order valence-corrected chi connectivity index (χ2v) is 8.74. The standard InChI is InChI=1S/2C9H23N3.2BH4.2Li/c2*1-10(2)6-8-12(5)9-7-11(3)4;;;;/h2*6-9H2,1-5H3;2*1H4;;/q;;2*-1;2*+1/p+6. The maximum absolute atomic E-state index is 2.28. The Bertz CT molecular complexity index is 226. The summed E-state index contributed by atoms with van der Waals surface area (Å²) < 4.78 is 0. The Kier molecular flexibility index (Phi) is 43.2. The third-order valence-electron chi connectivity index (χ3n) is 4.21. The van der Waals surface area contributed by atoms with E-state index in [9.17, 15) is 0 Å². The summed E-state index contributed by atoms with van der Waals surface area (Å²) in [5.41, 5.74) is 0. The minimum absolute atomic E-state index is 0. The van der Waals surface area contributed by atoms with E-state index in [1.54, 1.807) is 29.4 Å². The smallest absolute Gasteiger partial charge is 0.335 e. The molecule has 0 rings (SSSR count). The molecule has 0 unspecified atom stereocenters. The molecule has 0 aromatic heterocycles. The van der Waals surface area contributed by atoms with Crippen molar-refractivity contribution in [1.82, 2.24) is 0 Å². The van der Waals surface area contributed by atoms with E-state index in [2.05, 4.69) is 70.5 Å². The van der Waals surface area contributed by atoms with Gasteiger partial charge in [-0.15, -0.1) is 0 Å². The van der Waals surface area contributed by atoms with Gasteiger partial charge in [0.05, 0.1) is 70.5 Å². The first-order valence-corrected chi connectivity index (χ1v) is 9.83. The van der Waals surface area contributed by atoms with Crippen LogP contribution in [0.4, 0.5) is 0 Å². The zero-order valence-electron chi connectivity index (χ0n) is 20.7. The fourth-order valence-corrected chi connectivity index (χ4v) is 2.10. The van der Waals surface area contributed by atoms with Crippen LogP contribution in [0, 0.1) is 0 Å². The molecule has 164 valence electrons. The Labute approximate surface area is 206 Å². The molecule has 0 aromatic rings. The quantitative estimate of drug-likeness (QED) is 0.177. The van der Waals surface area contributed by atoms with Gasteiger partial charge in [0.1, 0.15) is 52.4 Å². The normalized spacial score (nSPS) is 10.3. The molecule has 0 atom stereocenters. The maximum atomic E-state index is 2.28. The molecule has 0 fully saturated rings. The molecular formula is C18H60B2Li2N6+6. The van der Waals surface area contributed by atoms with E-state index in [0.717, 1.165) is 0 Å². The number of hydrogen-bond acceptors (Lipinski definition) is 0. The molecule has 28 heavy (non-hydrogen) atoms. The Balaban J connectivity index is -0.0000000756. The van der Waals surface area contributed by atoms with Gasteiger partial charge >= 0.3 is 37.7 Å².